The number of rotatable bonds is 9. The van der Waals surface area contributed by atoms with Crippen LogP contribution in [-0.4, -0.2) is 17.0 Å². The molecule has 2 atom stereocenters. The molecule has 19 heavy (non-hydrogen) atoms. The Morgan fingerprint density at radius 2 is 2.16 bits per heavy atom. The van der Waals surface area contributed by atoms with Crippen LogP contribution in [0, 0.1) is 5.92 Å². The molecule has 1 rings (SSSR count). The summed E-state index contributed by atoms with van der Waals surface area (Å²) < 4.78 is 2.06. The lowest BCUT2D eigenvalue weighted by Crippen LogP contribution is -2.24. The minimum absolute atomic E-state index is 0.131. The molecule has 108 valence electrons. The molecule has 3 N–H and O–H groups in total. The molecule has 4 nitrogen and oxygen atoms in total. The Morgan fingerprint density at radius 1 is 1.42 bits per heavy atom. The SMILES string of the molecule is CCCNC(CCC)c1ccn(CC(C)C(N)=O)c1. The van der Waals surface area contributed by atoms with Crippen LogP contribution in [0.1, 0.15) is 51.6 Å². The van der Waals surface area contributed by atoms with Crippen LogP contribution in [0.15, 0.2) is 18.5 Å². The highest BCUT2D eigenvalue weighted by Crippen LogP contribution is 2.19. The van der Waals surface area contributed by atoms with Crippen molar-refractivity contribution in [2.75, 3.05) is 6.54 Å². The third kappa shape index (κ3) is 5.07. The van der Waals surface area contributed by atoms with Crippen molar-refractivity contribution < 1.29 is 4.79 Å². The van der Waals surface area contributed by atoms with Gasteiger partial charge in [0.05, 0.1) is 5.92 Å². The molecule has 0 aliphatic heterocycles. The Balaban J connectivity index is 2.66. The van der Waals surface area contributed by atoms with Gasteiger partial charge in [-0.2, -0.15) is 0 Å². The van der Waals surface area contributed by atoms with E-state index >= 15 is 0 Å². The topological polar surface area (TPSA) is 60.1 Å². The average molecular weight is 265 g/mol. The van der Waals surface area contributed by atoms with Gasteiger partial charge in [-0.3, -0.25) is 4.79 Å². The van der Waals surface area contributed by atoms with Gasteiger partial charge in [-0.25, -0.2) is 0 Å². The van der Waals surface area contributed by atoms with Crippen LogP contribution in [0.2, 0.25) is 0 Å². The quantitative estimate of drug-likeness (QED) is 0.720. The zero-order valence-corrected chi connectivity index (χ0v) is 12.4. The predicted molar refractivity (Wildman–Crippen MR) is 78.7 cm³/mol. The molecule has 0 spiro atoms. The van der Waals surface area contributed by atoms with E-state index in [0.717, 1.165) is 25.8 Å². The lowest BCUT2D eigenvalue weighted by atomic mass is 10.1. The lowest BCUT2D eigenvalue weighted by Gasteiger charge is -2.16. The van der Waals surface area contributed by atoms with Gasteiger partial charge in [0.25, 0.3) is 0 Å². The van der Waals surface area contributed by atoms with Gasteiger partial charge in [0, 0.05) is 25.0 Å². The highest BCUT2D eigenvalue weighted by molar-refractivity contribution is 5.76. The molecule has 0 fully saturated rings. The zero-order chi connectivity index (χ0) is 14.3. The highest BCUT2D eigenvalue weighted by Gasteiger charge is 2.13. The minimum atomic E-state index is -0.246. The van der Waals surface area contributed by atoms with Crippen molar-refractivity contribution >= 4 is 5.91 Å². The van der Waals surface area contributed by atoms with Crippen molar-refractivity contribution in [1.82, 2.24) is 9.88 Å². The molecule has 0 saturated carbocycles. The number of nitrogens with one attached hydrogen (secondary N) is 1. The number of primary amides is 1. The number of amides is 1. The van der Waals surface area contributed by atoms with Crippen LogP contribution in [0.4, 0.5) is 0 Å². The molecule has 1 aromatic rings. The number of nitrogens with two attached hydrogens (primary N) is 1. The van der Waals surface area contributed by atoms with E-state index in [0.29, 0.717) is 12.6 Å². The van der Waals surface area contributed by atoms with Crippen molar-refractivity contribution in [1.29, 1.82) is 0 Å². The molecular weight excluding hydrogens is 238 g/mol. The Morgan fingerprint density at radius 3 is 2.74 bits per heavy atom. The van der Waals surface area contributed by atoms with E-state index in [-0.39, 0.29) is 11.8 Å². The van der Waals surface area contributed by atoms with Gasteiger partial charge in [0.15, 0.2) is 0 Å². The molecule has 4 heteroatoms. The van der Waals surface area contributed by atoms with E-state index in [1.807, 2.05) is 13.1 Å². The molecule has 0 aliphatic rings. The minimum Gasteiger partial charge on any atom is -0.369 e. The molecule has 0 aromatic carbocycles. The summed E-state index contributed by atoms with van der Waals surface area (Å²) in [5, 5.41) is 3.57. The summed E-state index contributed by atoms with van der Waals surface area (Å²) in [5.41, 5.74) is 6.60. The van der Waals surface area contributed by atoms with Gasteiger partial charge in [-0.05, 0) is 31.0 Å². The molecule has 0 radical (unpaired) electrons. The van der Waals surface area contributed by atoms with Crippen LogP contribution < -0.4 is 11.1 Å². The number of hydrogen-bond acceptors (Lipinski definition) is 2. The maximum absolute atomic E-state index is 11.1. The monoisotopic (exact) mass is 265 g/mol. The first-order valence-corrected chi connectivity index (χ1v) is 7.26. The predicted octanol–water partition coefficient (Wildman–Crippen LogP) is 2.45. The van der Waals surface area contributed by atoms with E-state index in [4.69, 9.17) is 5.73 Å². The molecule has 1 amide bonds. The molecule has 0 aliphatic carbocycles. The lowest BCUT2D eigenvalue weighted by molar-refractivity contribution is -0.121. The first-order valence-electron chi connectivity index (χ1n) is 7.26. The van der Waals surface area contributed by atoms with E-state index in [1.54, 1.807) is 0 Å². The largest absolute Gasteiger partial charge is 0.369 e. The maximum Gasteiger partial charge on any atom is 0.222 e. The Bertz CT molecular complexity index is 386. The second-order valence-electron chi connectivity index (χ2n) is 5.24. The van der Waals surface area contributed by atoms with Gasteiger partial charge in [-0.15, -0.1) is 0 Å². The fourth-order valence-electron chi connectivity index (χ4n) is 2.18. The second kappa shape index (κ2) is 8.00. The van der Waals surface area contributed by atoms with Crippen LogP contribution in [0.25, 0.3) is 0 Å². The normalized spacial score (nSPS) is 14.3. The Labute approximate surface area is 116 Å². The van der Waals surface area contributed by atoms with E-state index in [2.05, 4.69) is 36.0 Å². The average Bonchev–Trinajstić information content (AvgIpc) is 2.82. The van der Waals surface area contributed by atoms with Crippen LogP contribution >= 0.6 is 0 Å². The summed E-state index contributed by atoms with van der Waals surface area (Å²) >= 11 is 0. The second-order valence-corrected chi connectivity index (χ2v) is 5.24. The van der Waals surface area contributed by atoms with Gasteiger partial charge >= 0.3 is 0 Å². The smallest absolute Gasteiger partial charge is 0.222 e. The first-order chi connectivity index (χ1) is 9.08. The number of carbonyl (C=O) groups is 1. The third-order valence-electron chi connectivity index (χ3n) is 3.36. The van der Waals surface area contributed by atoms with Gasteiger partial charge < -0.3 is 15.6 Å². The van der Waals surface area contributed by atoms with Crippen LogP contribution in [0.3, 0.4) is 0 Å². The first kappa shape index (κ1) is 15.8. The van der Waals surface area contributed by atoms with E-state index in [9.17, 15) is 4.79 Å². The third-order valence-corrected chi connectivity index (χ3v) is 3.36. The van der Waals surface area contributed by atoms with Gasteiger partial charge in [0.2, 0.25) is 5.91 Å². The number of hydrogen-bond donors (Lipinski definition) is 2. The standard InChI is InChI=1S/C15H27N3O/c1-4-6-14(17-8-5-2)13-7-9-18(11-13)10-12(3)15(16)19/h7,9,11-12,14,17H,4-6,8,10H2,1-3H3,(H2,16,19). The molecule has 1 aromatic heterocycles. The van der Waals surface area contributed by atoms with Crippen molar-refractivity contribution in [3.63, 3.8) is 0 Å². The highest BCUT2D eigenvalue weighted by atomic mass is 16.1. The van der Waals surface area contributed by atoms with Crippen molar-refractivity contribution in [2.45, 2.75) is 52.6 Å². The molecule has 0 bridgehead atoms. The summed E-state index contributed by atoms with van der Waals surface area (Å²) in [6, 6.07) is 2.55. The van der Waals surface area contributed by atoms with Crippen molar-refractivity contribution in [2.24, 2.45) is 11.7 Å². The summed E-state index contributed by atoms with van der Waals surface area (Å²) in [6.07, 6.45) is 7.59. The van der Waals surface area contributed by atoms with Crippen molar-refractivity contribution in [3.8, 4) is 0 Å². The number of aromatic nitrogens is 1. The number of carbonyl (C=O) groups excluding carboxylic acids is 1. The Kier molecular flexibility index (Phi) is 6.64. The van der Waals surface area contributed by atoms with E-state index in [1.165, 1.54) is 5.56 Å². The zero-order valence-electron chi connectivity index (χ0n) is 12.4. The molecular formula is C15H27N3O. The summed E-state index contributed by atoms with van der Waals surface area (Å²) in [7, 11) is 0. The van der Waals surface area contributed by atoms with E-state index < -0.39 is 0 Å². The maximum atomic E-state index is 11.1. The van der Waals surface area contributed by atoms with Crippen LogP contribution in [-0.2, 0) is 11.3 Å². The van der Waals surface area contributed by atoms with Crippen LogP contribution in [0.5, 0.6) is 0 Å². The Hall–Kier alpha value is -1.29. The fourth-order valence-corrected chi connectivity index (χ4v) is 2.18. The summed E-state index contributed by atoms with van der Waals surface area (Å²) in [6.45, 7) is 7.93. The molecule has 1 heterocycles. The summed E-state index contributed by atoms with van der Waals surface area (Å²) in [5.74, 6) is -0.377. The van der Waals surface area contributed by atoms with Gasteiger partial charge in [0.1, 0.15) is 0 Å². The molecule has 0 saturated heterocycles. The number of nitrogens with zero attached hydrogens (tertiary/aromatic N) is 1. The van der Waals surface area contributed by atoms with Crippen molar-refractivity contribution in [3.05, 3.63) is 24.0 Å². The fraction of sp³-hybridized carbons (Fsp3) is 0.667. The van der Waals surface area contributed by atoms with Gasteiger partial charge in [-0.1, -0.05) is 27.2 Å². The summed E-state index contributed by atoms with van der Waals surface area (Å²) in [4.78, 5) is 11.1. The molecule has 2 unspecified atom stereocenters.